The minimum absolute atomic E-state index is 0.491. The van der Waals surface area contributed by atoms with Crippen LogP contribution in [-0.4, -0.2) is 16.6 Å². The molecule has 0 saturated heterocycles. The molecule has 2 aromatic rings. The van der Waals surface area contributed by atoms with Gasteiger partial charge in [0.2, 0.25) is 0 Å². The molecule has 0 unspecified atom stereocenters. The second-order valence-corrected chi connectivity index (χ2v) is 4.45. The van der Waals surface area contributed by atoms with Crippen molar-refractivity contribution >= 4 is 5.82 Å². The van der Waals surface area contributed by atoms with E-state index in [0.717, 1.165) is 36.5 Å². The van der Waals surface area contributed by atoms with Crippen LogP contribution in [0.25, 0.3) is 11.3 Å². The number of hydrogen-bond acceptors (Lipinski definition) is 4. The molecule has 0 radical (unpaired) electrons. The van der Waals surface area contributed by atoms with Gasteiger partial charge < -0.3 is 10.5 Å². The average Bonchev–Trinajstić information content (AvgIpc) is 2.39. The number of nitrogen functional groups attached to an aromatic ring is 1. The molecule has 0 aliphatic rings. The molecular weight excluding hydrogens is 238 g/mol. The van der Waals surface area contributed by atoms with Crippen molar-refractivity contribution in [3.05, 3.63) is 36.2 Å². The Morgan fingerprint density at radius 2 is 1.89 bits per heavy atom. The van der Waals surface area contributed by atoms with Crippen molar-refractivity contribution in [1.82, 2.24) is 9.97 Å². The van der Waals surface area contributed by atoms with E-state index in [-0.39, 0.29) is 0 Å². The summed E-state index contributed by atoms with van der Waals surface area (Å²) in [5, 5.41) is 0. The molecule has 1 aromatic heterocycles. The summed E-state index contributed by atoms with van der Waals surface area (Å²) in [6, 6.07) is 9.67. The van der Waals surface area contributed by atoms with Gasteiger partial charge in [0.1, 0.15) is 17.4 Å². The normalized spacial score (nSPS) is 10.4. The Hall–Kier alpha value is -2.10. The first-order valence-corrected chi connectivity index (χ1v) is 6.53. The van der Waals surface area contributed by atoms with Crippen LogP contribution in [-0.2, 0) is 0 Å². The van der Waals surface area contributed by atoms with Gasteiger partial charge in [-0.05, 0) is 37.6 Å². The Labute approximate surface area is 113 Å². The van der Waals surface area contributed by atoms with Crippen LogP contribution in [0.5, 0.6) is 5.75 Å². The fourth-order valence-electron chi connectivity index (χ4n) is 1.79. The van der Waals surface area contributed by atoms with Crippen molar-refractivity contribution in [2.45, 2.75) is 26.7 Å². The Kier molecular flexibility index (Phi) is 4.34. The Morgan fingerprint density at radius 1 is 1.16 bits per heavy atom. The number of aromatic nitrogens is 2. The topological polar surface area (TPSA) is 61.0 Å². The number of unbranched alkanes of at least 4 members (excludes halogenated alkanes) is 1. The van der Waals surface area contributed by atoms with E-state index in [9.17, 15) is 0 Å². The average molecular weight is 257 g/mol. The van der Waals surface area contributed by atoms with Gasteiger partial charge in [-0.25, -0.2) is 9.97 Å². The number of nitrogens with two attached hydrogens (primary N) is 1. The Bertz CT molecular complexity index is 517. The highest BCUT2D eigenvalue weighted by atomic mass is 16.5. The molecule has 2 rings (SSSR count). The van der Waals surface area contributed by atoms with Crippen molar-refractivity contribution in [3.63, 3.8) is 0 Å². The monoisotopic (exact) mass is 257 g/mol. The molecule has 1 heterocycles. The van der Waals surface area contributed by atoms with E-state index in [1.54, 1.807) is 6.07 Å². The van der Waals surface area contributed by atoms with Gasteiger partial charge in [0.05, 0.1) is 12.3 Å². The standard InChI is InChI=1S/C15H19N3O/c1-3-4-9-19-13-7-5-12(6-8-13)14-10-15(16)18-11(2)17-14/h5-8,10H,3-4,9H2,1-2H3,(H2,16,17,18). The van der Waals surface area contributed by atoms with Crippen molar-refractivity contribution in [2.24, 2.45) is 0 Å². The molecule has 100 valence electrons. The molecule has 0 aliphatic heterocycles. The van der Waals surface area contributed by atoms with E-state index in [4.69, 9.17) is 10.5 Å². The van der Waals surface area contributed by atoms with Crippen LogP contribution in [0.15, 0.2) is 30.3 Å². The van der Waals surface area contributed by atoms with Gasteiger partial charge in [-0.15, -0.1) is 0 Å². The second-order valence-electron chi connectivity index (χ2n) is 4.45. The van der Waals surface area contributed by atoms with Crippen molar-refractivity contribution < 1.29 is 4.74 Å². The smallest absolute Gasteiger partial charge is 0.128 e. The van der Waals surface area contributed by atoms with Gasteiger partial charge in [-0.2, -0.15) is 0 Å². The zero-order valence-electron chi connectivity index (χ0n) is 11.4. The third-order valence-electron chi connectivity index (χ3n) is 2.77. The van der Waals surface area contributed by atoms with Crippen LogP contribution in [0, 0.1) is 6.92 Å². The molecule has 0 fully saturated rings. The van der Waals surface area contributed by atoms with Gasteiger partial charge in [0, 0.05) is 11.6 Å². The molecule has 4 nitrogen and oxygen atoms in total. The molecule has 4 heteroatoms. The van der Waals surface area contributed by atoms with Gasteiger partial charge in [0.25, 0.3) is 0 Å². The summed E-state index contributed by atoms with van der Waals surface area (Å²) in [4.78, 5) is 8.45. The van der Waals surface area contributed by atoms with E-state index < -0.39 is 0 Å². The summed E-state index contributed by atoms with van der Waals surface area (Å²) in [5.74, 6) is 2.06. The van der Waals surface area contributed by atoms with E-state index in [2.05, 4.69) is 16.9 Å². The number of benzene rings is 1. The third-order valence-corrected chi connectivity index (χ3v) is 2.77. The van der Waals surface area contributed by atoms with Crippen LogP contribution < -0.4 is 10.5 Å². The van der Waals surface area contributed by atoms with Crippen LogP contribution in [0.2, 0.25) is 0 Å². The minimum Gasteiger partial charge on any atom is -0.494 e. The molecule has 0 bridgehead atoms. The summed E-state index contributed by atoms with van der Waals surface area (Å²) >= 11 is 0. The number of rotatable bonds is 5. The van der Waals surface area contributed by atoms with Gasteiger partial charge in [-0.1, -0.05) is 13.3 Å². The van der Waals surface area contributed by atoms with E-state index in [1.165, 1.54) is 0 Å². The summed E-state index contributed by atoms with van der Waals surface area (Å²) in [5.41, 5.74) is 7.58. The van der Waals surface area contributed by atoms with E-state index in [0.29, 0.717) is 11.6 Å². The maximum Gasteiger partial charge on any atom is 0.128 e. The van der Waals surface area contributed by atoms with Crippen molar-refractivity contribution in [3.8, 4) is 17.0 Å². The second kappa shape index (κ2) is 6.18. The van der Waals surface area contributed by atoms with Crippen LogP contribution in [0.4, 0.5) is 5.82 Å². The SMILES string of the molecule is CCCCOc1ccc(-c2cc(N)nc(C)n2)cc1. The number of hydrogen-bond donors (Lipinski definition) is 1. The maximum atomic E-state index is 5.73. The number of aryl methyl sites for hydroxylation is 1. The molecule has 1 aromatic carbocycles. The number of anilines is 1. The molecule has 0 saturated carbocycles. The summed E-state index contributed by atoms with van der Waals surface area (Å²) < 4.78 is 5.63. The van der Waals surface area contributed by atoms with Crippen molar-refractivity contribution in [1.29, 1.82) is 0 Å². The summed E-state index contributed by atoms with van der Waals surface area (Å²) in [6.45, 7) is 4.74. The lowest BCUT2D eigenvalue weighted by Gasteiger charge is -2.07. The first kappa shape index (κ1) is 13.3. The molecular formula is C15H19N3O. The summed E-state index contributed by atoms with van der Waals surface area (Å²) in [6.07, 6.45) is 2.21. The first-order valence-electron chi connectivity index (χ1n) is 6.53. The zero-order chi connectivity index (χ0) is 13.7. The number of ether oxygens (including phenoxy) is 1. The van der Waals surface area contributed by atoms with Crippen LogP contribution >= 0.6 is 0 Å². The van der Waals surface area contributed by atoms with Crippen LogP contribution in [0.1, 0.15) is 25.6 Å². The van der Waals surface area contributed by atoms with Crippen molar-refractivity contribution in [2.75, 3.05) is 12.3 Å². The lowest BCUT2D eigenvalue weighted by molar-refractivity contribution is 0.309. The Balaban J connectivity index is 2.13. The van der Waals surface area contributed by atoms with E-state index in [1.807, 2.05) is 31.2 Å². The molecule has 19 heavy (non-hydrogen) atoms. The molecule has 0 atom stereocenters. The quantitative estimate of drug-likeness (QED) is 0.835. The molecule has 0 spiro atoms. The Morgan fingerprint density at radius 3 is 2.53 bits per heavy atom. The minimum atomic E-state index is 0.491. The largest absolute Gasteiger partial charge is 0.494 e. The number of nitrogens with zero attached hydrogens (tertiary/aromatic N) is 2. The zero-order valence-corrected chi connectivity index (χ0v) is 11.4. The highest BCUT2D eigenvalue weighted by Gasteiger charge is 2.03. The predicted molar refractivity (Wildman–Crippen MR) is 77.0 cm³/mol. The molecule has 2 N–H and O–H groups in total. The predicted octanol–water partition coefficient (Wildman–Crippen LogP) is 3.21. The van der Waals surface area contributed by atoms with Gasteiger partial charge in [0.15, 0.2) is 0 Å². The third kappa shape index (κ3) is 3.68. The van der Waals surface area contributed by atoms with E-state index >= 15 is 0 Å². The fourth-order valence-corrected chi connectivity index (χ4v) is 1.79. The van der Waals surface area contributed by atoms with Gasteiger partial charge >= 0.3 is 0 Å². The maximum absolute atomic E-state index is 5.73. The van der Waals surface area contributed by atoms with Crippen LogP contribution in [0.3, 0.4) is 0 Å². The lowest BCUT2D eigenvalue weighted by atomic mass is 10.1. The van der Waals surface area contributed by atoms with Gasteiger partial charge in [-0.3, -0.25) is 0 Å². The summed E-state index contributed by atoms with van der Waals surface area (Å²) in [7, 11) is 0. The highest BCUT2D eigenvalue weighted by Crippen LogP contribution is 2.22. The molecule has 0 amide bonds. The highest BCUT2D eigenvalue weighted by molar-refractivity contribution is 5.62. The fraction of sp³-hybridized carbons (Fsp3) is 0.333. The lowest BCUT2D eigenvalue weighted by Crippen LogP contribution is -1.98. The molecule has 0 aliphatic carbocycles. The first-order chi connectivity index (χ1) is 9.19.